The molecule has 5 saturated heterocycles. The smallest absolute Gasteiger partial charge is 0.410 e. The summed E-state index contributed by atoms with van der Waals surface area (Å²) in [6, 6.07) is 4.21. The first-order chi connectivity index (χ1) is 27.4. The number of likely N-dealkylation sites (tertiary alicyclic amines) is 1. The number of aryl methyl sites for hydroxylation is 1. The topological polar surface area (TPSA) is 222 Å². The lowest BCUT2D eigenvalue weighted by molar-refractivity contribution is -0.136. The molecule has 1 aromatic carbocycles. The van der Waals surface area contributed by atoms with Gasteiger partial charge >= 0.3 is 6.09 Å². The average molecular weight is 781 g/mol. The van der Waals surface area contributed by atoms with E-state index in [0.29, 0.717) is 43.6 Å². The summed E-state index contributed by atoms with van der Waals surface area (Å²) in [5.41, 5.74) is 7.15. The van der Waals surface area contributed by atoms with E-state index in [1.54, 1.807) is 42.5 Å². The van der Waals surface area contributed by atoms with Gasteiger partial charge in [0.1, 0.15) is 11.9 Å². The number of benzene rings is 1. The second-order valence-electron chi connectivity index (χ2n) is 16.0. The van der Waals surface area contributed by atoms with E-state index in [1.165, 1.54) is 0 Å². The Bertz CT molecular complexity index is 2180. The van der Waals surface area contributed by atoms with E-state index in [-0.39, 0.29) is 47.6 Å². The van der Waals surface area contributed by atoms with Gasteiger partial charge in [-0.1, -0.05) is 0 Å². The Morgan fingerprint density at radius 1 is 0.982 bits per heavy atom. The molecule has 8 heterocycles. The first-order valence-corrected chi connectivity index (χ1v) is 19.4. The molecule has 19 nitrogen and oxygen atoms in total. The first kappa shape index (κ1) is 36.5. The lowest BCUT2D eigenvalue weighted by Gasteiger charge is -2.48. The lowest BCUT2D eigenvalue weighted by atomic mass is 9.89. The SMILES string of the molecule is Cn1cc(Nc2nc(N3CCC[C@@H](N4CC5(CN(CC6CCN(c7ccc8c(c7)C(=O)N(C7CCC(=O)NC7=O)C8=O)CC6)C5)OC4=O)C3)cnc2C(N)=O)cn1. The molecule has 57 heavy (non-hydrogen) atoms. The largest absolute Gasteiger partial charge is 0.438 e. The molecule has 9 rings (SSSR count). The predicted molar refractivity (Wildman–Crippen MR) is 203 cm³/mol. The number of aromatic nitrogens is 4. The molecule has 6 amide bonds. The van der Waals surface area contributed by atoms with Crippen molar-refractivity contribution in [3.8, 4) is 0 Å². The predicted octanol–water partition coefficient (Wildman–Crippen LogP) is 0.846. The van der Waals surface area contributed by atoms with E-state index in [9.17, 15) is 28.8 Å². The standard InChI is InChI=1S/C38H44N12O7/c1-45-17-23(14-41-45)42-33-31(32(39)52)40-15-29(43-33)48-10-2-3-25(18-48)49-21-38(57-37(49)56)19-46(20-38)16-22-8-11-47(12-9-22)24-4-5-26-27(13-24)36(55)50(35(26)54)28-6-7-30(51)44-34(28)53/h4-5,13-15,17,22,25,28H,2-3,6-12,16,18-21H2,1H3,(H2,39,52)(H,42,43)(H,44,51,53)/t25-,28?/m1/s1. The third kappa shape index (κ3) is 6.78. The quantitative estimate of drug-likeness (QED) is 0.256. The molecule has 0 aliphatic carbocycles. The Morgan fingerprint density at radius 3 is 2.51 bits per heavy atom. The summed E-state index contributed by atoms with van der Waals surface area (Å²) in [5.74, 6) is -1.46. The Labute approximate surface area is 327 Å². The van der Waals surface area contributed by atoms with Crippen LogP contribution in [0.2, 0.25) is 0 Å². The molecule has 19 heteroatoms. The normalized spacial score (nSPS) is 23.8. The molecule has 298 valence electrons. The lowest BCUT2D eigenvalue weighted by Crippen LogP contribution is -2.65. The molecule has 1 spiro atoms. The molecule has 0 saturated carbocycles. The summed E-state index contributed by atoms with van der Waals surface area (Å²) in [4.78, 5) is 94.5. The number of primary amides is 1. The van der Waals surface area contributed by atoms with Crippen molar-refractivity contribution in [3.63, 3.8) is 0 Å². The summed E-state index contributed by atoms with van der Waals surface area (Å²) in [6.45, 7) is 5.65. The fourth-order valence-electron chi connectivity index (χ4n) is 9.23. The molecule has 6 aliphatic heterocycles. The van der Waals surface area contributed by atoms with Crippen LogP contribution in [0.1, 0.15) is 69.7 Å². The van der Waals surface area contributed by atoms with Crippen LogP contribution < -0.4 is 26.2 Å². The van der Waals surface area contributed by atoms with Gasteiger partial charge in [-0.15, -0.1) is 0 Å². The number of nitrogens with one attached hydrogen (secondary N) is 2. The minimum atomic E-state index is -0.991. The number of rotatable bonds is 9. The Morgan fingerprint density at radius 2 is 1.77 bits per heavy atom. The van der Waals surface area contributed by atoms with Crippen LogP contribution in [0, 0.1) is 5.92 Å². The maximum Gasteiger partial charge on any atom is 0.410 e. The van der Waals surface area contributed by atoms with Gasteiger partial charge in [-0.2, -0.15) is 5.10 Å². The van der Waals surface area contributed by atoms with Crippen LogP contribution >= 0.6 is 0 Å². The number of nitrogens with two attached hydrogens (primary N) is 1. The van der Waals surface area contributed by atoms with Gasteiger partial charge in [0.15, 0.2) is 17.1 Å². The van der Waals surface area contributed by atoms with E-state index in [1.807, 2.05) is 11.0 Å². The Balaban J connectivity index is 0.768. The van der Waals surface area contributed by atoms with Crippen molar-refractivity contribution in [1.82, 2.24) is 39.8 Å². The fourth-order valence-corrected chi connectivity index (χ4v) is 9.23. The molecular formula is C38H44N12O7. The highest BCUT2D eigenvalue weighted by atomic mass is 16.6. The summed E-state index contributed by atoms with van der Waals surface area (Å²) in [7, 11) is 1.79. The van der Waals surface area contributed by atoms with Gasteiger partial charge in [0.25, 0.3) is 17.7 Å². The van der Waals surface area contributed by atoms with Gasteiger partial charge in [-0.05, 0) is 56.2 Å². The van der Waals surface area contributed by atoms with Crippen molar-refractivity contribution in [3.05, 3.63) is 53.6 Å². The first-order valence-electron chi connectivity index (χ1n) is 19.4. The molecule has 4 N–H and O–H groups in total. The van der Waals surface area contributed by atoms with E-state index in [2.05, 4.69) is 35.4 Å². The van der Waals surface area contributed by atoms with Crippen molar-refractivity contribution < 1.29 is 33.5 Å². The third-order valence-corrected chi connectivity index (χ3v) is 12.1. The van der Waals surface area contributed by atoms with Gasteiger partial charge in [0, 0.05) is 71.2 Å². The zero-order valence-corrected chi connectivity index (χ0v) is 31.6. The Hall–Kier alpha value is -6.11. The number of amides is 6. The number of imide groups is 2. The molecule has 6 aliphatic rings. The monoisotopic (exact) mass is 780 g/mol. The van der Waals surface area contributed by atoms with Crippen LogP contribution in [0.25, 0.3) is 0 Å². The highest BCUT2D eigenvalue weighted by Crippen LogP contribution is 2.38. The van der Waals surface area contributed by atoms with Crippen LogP contribution in [0.5, 0.6) is 0 Å². The zero-order valence-electron chi connectivity index (χ0n) is 31.6. The maximum atomic E-state index is 13.3. The molecule has 2 aromatic heterocycles. The van der Waals surface area contributed by atoms with E-state index in [4.69, 9.17) is 15.5 Å². The fraction of sp³-hybridized carbons (Fsp3) is 0.500. The zero-order chi connectivity index (χ0) is 39.6. The van der Waals surface area contributed by atoms with Gasteiger partial charge in [0.2, 0.25) is 11.8 Å². The molecule has 5 fully saturated rings. The van der Waals surface area contributed by atoms with E-state index in [0.717, 1.165) is 62.4 Å². The summed E-state index contributed by atoms with van der Waals surface area (Å²) in [5, 5.41) is 9.49. The molecule has 0 radical (unpaired) electrons. The van der Waals surface area contributed by atoms with Crippen molar-refractivity contribution in [2.45, 2.75) is 56.2 Å². The number of anilines is 4. The molecule has 1 unspecified atom stereocenters. The molecular weight excluding hydrogens is 736 g/mol. The minimum Gasteiger partial charge on any atom is -0.438 e. The summed E-state index contributed by atoms with van der Waals surface area (Å²) in [6.07, 6.45) is 8.40. The van der Waals surface area contributed by atoms with Gasteiger partial charge in [-0.25, -0.2) is 14.8 Å². The molecule has 0 bridgehead atoms. The van der Waals surface area contributed by atoms with Crippen LogP contribution in [-0.4, -0.2) is 140 Å². The average Bonchev–Trinajstić information content (AvgIpc) is 3.84. The summed E-state index contributed by atoms with van der Waals surface area (Å²) < 4.78 is 7.68. The number of carbonyl (C=O) groups is 6. The number of ether oxygens (including phenoxy) is 1. The number of hydrogen-bond donors (Lipinski definition) is 3. The maximum absolute atomic E-state index is 13.3. The van der Waals surface area contributed by atoms with Crippen LogP contribution in [-0.2, 0) is 21.4 Å². The minimum absolute atomic E-state index is 0.0263. The van der Waals surface area contributed by atoms with Crippen molar-refractivity contribution in [2.24, 2.45) is 18.7 Å². The van der Waals surface area contributed by atoms with Crippen molar-refractivity contribution >= 4 is 58.6 Å². The third-order valence-electron chi connectivity index (χ3n) is 12.1. The van der Waals surface area contributed by atoms with Crippen LogP contribution in [0.3, 0.4) is 0 Å². The van der Waals surface area contributed by atoms with Gasteiger partial charge in [-0.3, -0.25) is 48.7 Å². The number of nitrogens with zero attached hydrogens (tertiary/aromatic N) is 9. The number of hydrogen-bond acceptors (Lipinski definition) is 14. The van der Waals surface area contributed by atoms with Crippen LogP contribution in [0.4, 0.5) is 27.8 Å². The molecule has 3 aromatic rings. The number of fused-ring (bicyclic) bond motifs is 1. The van der Waals surface area contributed by atoms with Crippen molar-refractivity contribution in [2.75, 3.05) is 67.5 Å². The number of piperidine rings is 3. The molecule has 2 atom stereocenters. The highest BCUT2D eigenvalue weighted by molar-refractivity contribution is 6.23. The second kappa shape index (κ2) is 14.1. The van der Waals surface area contributed by atoms with E-state index >= 15 is 0 Å². The number of carbonyl (C=O) groups excluding carboxylic acids is 6. The van der Waals surface area contributed by atoms with Gasteiger partial charge < -0.3 is 25.6 Å². The van der Waals surface area contributed by atoms with Crippen LogP contribution in [0.15, 0.2) is 36.8 Å². The van der Waals surface area contributed by atoms with Crippen molar-refractivity contribution in [1.29, 1.82) is 0 Å². The van der Waals surface area contributed by atoms with Gasteiger partial charge in [0.05, 0.1) is 41.8 Å². The summed E-state index contributed by atoms with van der Waals surface area (Å²) >= 11 is 0. The highest BCUT2D eigenvalue weighted by Gasteiger charge is 2.55. The Kier molecular flexibility index (Phi) is 9.05. The second-order valence-corrected chi connectivity index (χ2v) is 16.0. The van der Waals surface area contributed by atoms with E-state index < -0.39 is 41.2 Å².